The smallest absolute Gasteiger partial charge is 0.206 e. The maximum atomic E-state index is 6.54. The first-order chi connectivity index (χ1) is 13.2. The number of aromatic nitrogens is 3. The van der Waals surface area contributed by atoms with Crippen LogP contribution in [0.25, 0.3) is 21.3 Å². The average Bonchev–Trinajstić information content (AvgIpc) is 3.17. The Labute approximate surface area is 161 Å². The highest BCUT2D eigenvalue weighted by Gasteiger charge is 2.51. The van der Waals surface area contributed by atoms with E-state index in [1.807, 2.05) is 18.3 Å². The van der Waals surface area contributed by atoms with Gasteiger partial charge >= 0.3 is 0 Å². The molecule has 1 aliphatic rings. The third kappa shape index (κ3) is 3.18. The van der Waals surface area contributed by atoms with E-state index in [1.54, 1.807) is 17.5 Å². The molecule has 1 fully saturated rings. The molecule has 0 aliphatic heterocycles. The van der Waals surface area contributed by atoms with E-state index < -0.39 is 0 Å². The molecule has 3 N–H and O–H groups in total. The molecule has 0 spiro atoms. The molecule has 27 heavy (non-hydrogen) atoms. The molecule has 4 aromatic rings. The number of benzene rings is 2. The van der Waals surface area contributed by atoms with Gasteiger partial charge in [-0.1, -0.05) is 53.8 Å². The first-order valence-electron chi connectivity index (χ1n) is 8.97. The van der Waals surface area contributed by atoms with E-state index in [0.717, 1.165) is 32.9 Å². The third-order valence-electron chi connectivity index (χ3n) is 5.20. The van der Waals surface area contributed by atoms with Crippen molar-refractivity contribution in [3.63, 3.8) is 0 Å². The third-order valence-corrected chi connectivity index (χ3v) is 6.13. The molecule has 0 saturated heterocycles. The Morgan fingerprint density at radius 1 is 1.07 bits per heavy atom. The van der Waals surface area contributed by atoms with Crippen LogP contribution < -0.4 is 11.1 Å². The summed E-state index contributed by atoms with van der Waals surface area (Å²) in [6, 6.07) is 18.7. The van der Waals surface area contributed by atoms with E-state index in [0.29, 0.717) is 12.5 Å². The number of nitrogens with zero attached hydrogens (tertiary/aromatic N) is 3. The fourth-order valence-corrected chi connectivity index (χ4v) is 4.26. The molecule has 0 amide bonds. The van der Waals surface area contributed by atoms with Crippen LogP contribution in [0.4, 0.5) is 5.13 Å². The molecule has 2 aromatic carbocycles. The van der Waals surface area contributed by atoms with Crippen molar-refractivity contribution in [2.45, 2.75) is 17.9 Å². The van der Waals surface area contributed by atoms with E-state index in [4.69, 9.17) is 5.73 Å². The fourth-order valence-electron chi connectivity index (χ4n) is 3.52. The number of nitrogens with two attached hydrogens (primary N) is 1. The normalized spacial score (nSPS) is 21.3. The van der Waals surface area contributed by atoms with E-state index in [-0.39, 0.29) is 5.54 Å². The van der Waals surface area contributed by atoms with Crippen LogP contribution in [0.5, 0.6) is 0 Å². The second-order valence-electron chi connectivity index (χ2n) is 7.10. The number of hydrogen-bond acceptors (Lipinski definition) is 6. The fraction of sp³-hybridized carbons (Fsp3) is 0.190. The van der Waals surface area contributed by atoms with Crippen molar-refractivity contribution < 1.29 is 0 Å². The predicted octanol–water partition coefficient (Wildman–Crippen LogP) is 4.05. The second kappa shape index (κ2) is 6.40. The lowest BCUT2D eigenvalue weighted by Crippen LogP contribution is -2.33. The number of rotatable bonds is 5. The predicted molar refractivity (Wildman–Crippen MR) is 110 cm³/mol. The highest BCUT2D eigenvalue weighted by atomic mass is 32.1. The summed E-state index contributed by atoms with van der Waals surface area (Å²) in [5.74, 6) is 0.410. The summed E-state index contributed by atoms with van der Waals surface area (Å²) in [5, 5.41) is 16.0. The largest absolute Gasteiger partial charge is 0.358 e. The molecule has 1 saturated carbocycles. The molecule has 5 rings (SSSR count). The molecule has 0 bridgehead atoms. The van der Waals surface area contributed by atoms with Gasteiger partial charge in [-0.2, -0.15) is 0 Å². The number of hydrogen-bond donors (Lipinski definition) is 2. The maximum absolute atomic E-state index is 6.54. The minimum absolute atomic E-state index is 0.205. The van der Waals surface area contributed by atoms with Crippen molar-refractivity contribution >= 4 is 27.2 Å². The highest BCUT2D eigenvalue weighted by molar-refractivity contribution is 7.18. The van der Waals surface area contributed by atoms with Crippen LogP contribution in [-0.4, -0.2) is 27.3 Å². The quantitative estimate of drug-likeness (QED) is 0.552. The van der Waals surface area contributed by atoms with Gasteiger partial charge in [-0.25, -0.2) is 0 Å². The zero-order valence-electron chi connectivity index (χ0n) is 14.7. The van der Waals surface area contributed by atoms with Gasteiger partial charge in [0.25, 0.3) is 0 Å². The summed E-state index contributed by atoms with van der Waals surface area (Å²) < 4.78 is 0. The summed E-state index contributed by atoms with van der Waals surface area (Å²) in [5.41, 5.74) is 8.71. The van der Waals surface area contributed by atoms with Crippen LogP contribution in [0.1, 0.15) is 17.9 Å². The van der Waals surface area contributed by atoms with Crippen LogP contribution in [-0.2, 0) is 0 Å². The SMILES string of the molecule is N[C@]1(CNc2nnc(-c3ccc4cnccc4c3)s2)C[C@H]1c1ccccc1. The van der Waals surface area contributed by atoms with Gasteiger partial charge in [-0.15, -0.1) is 10.2 Å². The highest BCUT2D eigenvalue weighted by Crippen LogP contribution is 2.49. The molecule has 0 unspecified atom stereocenters. The summed E-state index contributed by atoms with van der Waals surface area (Å²) in [4.78, 5) is 4.15. The van der Waals surface area contributed by atoms with Gasteiger partial charge in [-0.05, 0) is 29.5 Å². The van der Waals surface area contributed by atoms with Gasteiger partial charge in [0.15, 0.2) is 0 Å². The average molecular weight is 373 g/mol. The summed E-state index contributed by atoms with van der Waals surface area (Å²) in [6.07, 6.45) is 4.67. The molecule has 1 aliphatic carbocycles. The van der Waals surface area contributed by atoms with Gasteiger partial charge in [-0.3, -0.25) is 4.98 Å². The van der Waals surface area contributed by atoms with Crippen LogP contribution in [0.2, 0.25) is 0 Å². The summed E-state index contributed by atoms with van der Waals surface area (Å²) in [7, 11) is 0. The molecular weight excluding hydrogens is 354 g/mol. The van der Waals surface area contributed by atoms with Crippen molar-refractivity contribution in [2.75, 3.05) is 11.9 Å². The Morgan fingerprint density at radius 2 is 1.96 bits per heavy atom. The van der Waals surface area contributed by atoms with Crippen molar-refractivity contribution in [2.24, 2.45) is 5.73 Å². The molecule has 6 heteroatoms. The lowest BCUT2D eigenvalue weighted by molar-refractivity contribution is 0.683. The molecule has 5 nitrogen and oxygen atoms in total. The van der Waals surface area contributed by atoms with E-state index in [2.05, 4.69) is 63.0 Å². The van der Waals surface area contributed by atoms with Crippen molar-refractivity contribution in [1.82, 2.24) is 15.2 Å². The Morgan fingerprint density at radius 3 is 2.85 bits per heavy atom. The van der Waals surface area contributed by atoms with Crippen molar-refractivity contribution in [3.05, 3.63) is 72.6 Å². The summed E-state index contributed by atoms with van der Waals surface area (Å²) in [6.45, 7) is 0.699. The lowest BCUT2D eigenvalue weighted by atomic mass is 10.1. The van der Waals surface area contributed by atoms with Crippen LogP contribution in [0.3, 0.4) is 0 Å². The maximum Gasteiger partial charge on any atom is 0.206 e. The zero-order valence-corrected chi connectivity index (χ0v) is 15.5. The molecule has 134 valence electrons. The van der Waals surface area contributed by atoms with Gasteiger partial charge in [0.05, 0.1) is 0 Å². The van der Waals surface area contributed by atoms with Gasteiger partial charge in [0.1, 0.15) is 5.01 Å². The second-order valence-corrected chi connectivity index (χ2v) is 8.08. The Hall–Kier alpha value is -2.83. The Bertz CT molecular complexity index is 1090. The minimum atomic E-state index is -0.205. The number of nitrogens with one attached hydrogen (secondary N) is 1. The molecule has 2 heterocycles. The summed E-state index contributed by atoms with van der Waals surface area (Å²) >= 11 is 1.56. The van der Waals surface area contributed by atoms with Gasteiger partial charge in [0.2, 0.25) is 5.13 Å². The number of fused-ring (bicyclic) bond motifs is 1. The zero-order chi connectivity index (χ0) is 18.3. The lowest BCUT2D eigenvalue weighted by Gasteiger charge is -2.12. The van der Waals surface area contributed by atoms with E-state index in [1.165, 1.54) is 5.56 Å². The van der Waals surface area contributed by atoms with Gasteiger partial charge < -0.3 is 11.1 Å². The molecule has 0 radical (unpaired) electrons. The minimum Gasteiger partial charge on any atom is -0.358 e. The van der Waals surface area contributed by atoms with Crippen LogP contribution >= 0.6 is 11.3 Å². The van der Waals surface area contributed by atoms with Crippen LogP contribution in [0.15, 0.2) is 67.0 Å². The Balaban J connectivity index is 1.28. The van der Waals surface area contributed by atoms with E-state index >= 15 is 0 Å². The monoisotopic (exact) mass is 373 g/mol. The van der Waals surface area contributed by atoms with Gasteiger partial charge in [0, 0.05) is 41.3 Å². The Kier molecular flexibility index (Phi) is 3.88. The van der Waals surface area contributed by atoms with E-state index in [9.17, 15) is 0 Å². The molecular formula is C21H19N5S. The number of pyridine rings is 1. The molecule has 2 atom stereocenters. The van der Waals surface area contributed by atoms with Crippen molar-refractivity contribution in [1.29, 1.82) is 0 Å². The molecule has 2 aromatic heterocycles. The first-order valence-corrected chi connectivity index (χ1v) is 9.78. The number of anilines is 1. The standard InChI is InChI=1S/C21H19N5S/c22-21(11-18(21)14-4-2-1-3-5-14)13-24-20-26-25-19(27-20)16-6-7-17-12-23-9-8-15(17)10-16/h1-10,12,18H,11,13,22H2,(H,24,26)/t18-,21-/m0/s1. The first kappa shape index (κ1) is 16.4. The van der Waals surface area contributed by atoms with Crippen molar-refractivity contribution in [3.8, 4) is 10.6 Å². The van der Waals surface area contributed by atoms with Crippen LogP contribution in [0, 0.1) is 0 Å². The topological polar surface area (TPSA) is 76.7 Å².